The van der Waals surface area contributed by atoms with Gasteiger partial charge in [-0.1, -0.05) is 48.2 Å². The Hall–Kier alpha value is -3.59. The van der Waals surface area contributed by atoms with Crippen LogP contribution in [0.2, 0.25) is 0 Å². The number of aromatic nitrogens is 4. The molecule has 31 heavy (non-hydrogen) atoms. The molecule has 2 aromatic carbocycles. The molecule has 2 heterocycles. The second kappa shape index (κ2) is 8.65. The lowest BCUT2D eigenvalue weighted by Gasteiger charge is -2.10. The maximum absolute atomic E-state index is 13.4. The molecule has 0 aliphatic carbocycles. The summed E-state index contributed by atoms with van der Waals surface area (Å²) in [4.78, 5) is 38.2. The molecule has 0 unspecified atom stereocenters. The number of hydrogen-bond donors (Lipinski definition) is 1. The fourth-order valence-corrected chi connectivity index (χ4v) is 3.70. The Balaban J connectivity index is 1.58. The summed E-state index contributed by atoms with van der Waals surface area (Å²) < 4.78 is 14.8. The predicted octanol–water partition coefficient (Wildman–Crippen LogP) is 3.57. The third kappa shape index (κ3) is 4.46. The largest absolute Gasteiger partial charge is 0.325 e. The van der Waals surface area contributed by atoms with Crippen LogP contribution in [0, 0.1) is 12.7 Å². The summed E-state index contributed by atoms with van der Waals surface area (Å²) in [7, 11) is 1.58. The van der Waals surface area contributed by atoms with Gasteiger partial charge in [-0.15, -0.1) is 0 Å². The Labute approximate surface area is 181 Å². The van der Waals surface area contributed by atoms with E-state index in [2.05, 4.69) is 20.3 Å². The summed E-state index contributed by atoms with van der Waals surface area (Å²) >= 11 is 1.10. The SMILES string of the molecule is Cc1ccc(F)cc1NC(=O)CSc1nc2nc(-c3ccccc3)ncc2c(=O)n1C. The number of hydrogen-bond acceptors (Lipinski definition) is 6. The van der Waals surface area contributed by atoms with Gasteiger partial charge >= 0.3 is 0 Å². The number of fused-ring (bicyclic) bond motifs is 1. The van der Waals surface area contributed by atoms with Crippen LogP contribution in [0.25, 0.3) is 22.4 Å². The Bertz CT molecular complexity index is 1340. The Kier molecular flexibility index (Phi) is 5.77. The summed E-state index contributed by atoms with van der Waals surface area (Å²) in [5.41, 5.74) is 1.94. The zero-order valence-corrected chi connectivity index (χ0v) is 17.6. The third-order valence-electron chi connectivity index (χ3n) is 4.63. The summed E-state index contributed by atoms with van der Waals surface area (Å²) in [6.07, 6.45) is 1.47. The van der Waals surface area contributed by atoms with Gasteiger partial charge < -0.3 is 5.32 Å². The standard InChI is InChI=1S/C22H18FN5O2S/c1-13-8-9-15(23)10-17(13)25-18(29)12-31-22-27-20-16(21(30)28(22)2)11-24-19(26-20)14-6-4-3-5-7-14/h3-11H,12H2,1-2H3,(H,25,29). The minimum absolute atomic E-state index is 0.00162. The molecule has 0 aliphatic heterocycles. The van der Waals surface area contributed by atoms with E-state index < -0.39 is 5.82 Å². The predicted molar refractivity (Wildman–Crippen MR) is 119 cm³/mol. The molecule has 0 fully saturated rings. The van der Waals surface area contributed by atoms with Gasteiger partial charge in [0.05, 0.1) is 5.75 Å². The zero-order valence-electron chi connectivity index (χ0n) is 16.8. The number of nitrogens with one attached hydrogen (secondary N) is 1. The summed E-state index contributed by atoms with van der Waals surface area (Å²) in [5, 5.41) is 3.33. The first-order chi connectivity index (χ1) is 14.9. The van der Waals surface area contributed by atoms with Crippen LogP contribution in [0.3, 0.4) is 0 Å². The van der Waals surface area contributed by atoms with Crippen molar-refractivity contribution in [2.24, 2.45) is 7.05 Å². The fraction of sp³-hybridized carbons (Fsp3) is 0.136. The molecule has 0 atom stereocenters. The van der Waals surface area contributed by atoms with Crippen molar-refractivity contribution >= 4 is 34.4 Å². The highest BCUT2D eigenvalue weighted by Gasteiger charge is 2.14. The van der Waals surface area contributed by atoms with E-state index >= 15 is 0 Å². The second-order valence-electron chi connectivity index (χ2n) is 6.85. The van der Waals surface area contributed by atoms with Gasteiger partial charge in [-0.3, -0.25) is 14.2 Å². The number of halogens is 1. The first-order valence-electron chi connectivity index (χ1n) is 9.40. The van der Waals surface area contributed by atoms with Crippen LogP contribution >= 0.6 is 11.8 Å². The number of benzene rings is 2. The van der Waals surface area contributed by atoms with Crippen molar-refractivity contribution in [2.75, 3.05) is 11.1 Å². The van der Waals surface area contributed by atoms with Gasteiger partial charge in [-0.2, -0.15) is 0 Å². The number of aryl methyl sites for hydroxylation is 1. The van der Waals surface area contributed by atoms with E-state index in [4.69, 9.17) is 0 Å². The van der Waals surface area contributed by atoms with Crippen LogP contribution in [0.15, 0.2) is 64.7 Å². The van der Waals surface area contributed by atoms with Gasteiger partial charge in [0.2, 0.25) is 5.91 Å². The molecular weight excluding hydrogens is 417 g/mol. The quantitative estimate of drug-likeness (QED) is 0.381. The van der Waals surface area contributed by atoms with E-state index in [0.29, 0.717) is 22.1 Å². The first kappa shape index (κ1) is 20.7. The van der Waals surface area contributed by atoms with E-state index in [1.165, 1.54) is 22.9 Å². The molecule has 4 aromatic rings. The van der Waals surface area contributed by atoms with Gasteiger partial charge in [0.15, 0.2) is 16.6 Å². The second-order valence-corrected chi connectivity index (χ2v) is 7.79. The molecule has 0 spiro atoms. The number of nitrogens with zero attached hydrogens (tertiary/aromatic N) is 4. The zero-order chi connectivity index (χ0) is 22.0. The van der Waals surface area contributed by atoms with Crippen molar-refractivity contribution in [3.05, 3.63) is 76.5 Å². The Morgan fingerprint density at radius 2 is 1.94 bits per heavy atom. The molecule has 0 saturated carbocycles. The lowest BCUT2D eigenvalue weighted by atomic mass is 10.2. The first-order valence-corrected chi connectivity index (χ1v) is 10.4. The molecule has 4 rings (SSSR count). The topological polar surface area (TPSA) is 89.8 Å². The van der Waals surface area contributed by atoms with E-state index in [-0.39, 0.29) is 22.9 Å². The highest BCUT2D eigenvalue weighted by molar-refractivity contribution is 7.99. The number of carbonyl (C=O) groups is 1. The average Bonchev–Trinajstić information content (AvgIpc) is 2.78. The Morgan fingerprint density at radius 3 is 2.71 bits per heavy atom. The van der Waals surface area contributed by atoms with Gasteiger partial charge in [-0.25, -0.2) is 19.3 Å². The molecular formula is C22H18FN5O2S. The molecule has 156 valence electrons. The van der Waals surface area contributed by atoms with Gasteiger partial charge in [0, 0.05) is 24.5 Å². The number of thioether (sulfide) groups is 1. The Morgan fingerprint density at radius 1 is 1.16 bits per heavy atom. The number of amides is 1. The average molecular weight is 435 g/mol. The van der Waals surface area contributed by atoms with Crippen molar-refractivity contribution in [1.82, 2.24) is 19.5 Å². The maximum Gasteiger partial charge on any atom is 0.264 e. The van der Waals surface area contributed by atoms with Crippen molar-refractivity contribution in [3.63, 3.8) is 0 Å². The molecule has 7 nitrogen and oxygen atoms in total. The molecule has 0 radical (unpaired) electrons. The molecule has 1 amide bonds. The van der Waals surface area contributed by atoms with Crippen LogP contribution < -0.4 is 10.9 Å². The van der Waals surface area contributed by atoms with Crippen LogP contribution in [0.1, 0.15) is 5.56 Å². The minimum atomic E-state index is -0.430. The number of carbonyl (C=O) groups excluding carboxylic acids is 1. The van der Waals surface area contributed by atoms with E-state index in [0.717, 1.165) is 22.9 Å². The van der Waals surface area contributed by atoms with Crippen molar-refractivity contribution < 1.29 is 9.18 Å². The molecule has 0 bridgehead atoms. The van der Waals surface area contributed by atoms with Crippen molar-refractivity contribution in [1.29, 1.82) is 0 Å². The van der Waals surface area contributed by atoms with Gasteiger partial charge in [0.1, 0.15) is 11.2 Å². The van der Waals surface area contributed by atoms with E-state index in [9.17, 15) is 14.0 Å². The minimum Gasteiger partial charge on any atom is -0.325 e. The van der Waals surface area contributed by atoms with Crippen molar-refractivity contribution in [3.8, 4) is 11.4 Å². The number of rotatable bonds is 5. The van der Waals surface area contributed by atoms with Crippen molar-refractivity contribution in [2.45, 2.75) is 12.1 Å². The van der Waals surface area contributed by atoms with Gasteiger partial charge in [0.25, 0.3) is 5.56 Å². The van der Waals surface area contributed by atoms with E-state index in [1.807, 2.05) is 30.3 Å². The molecule has 2 aromatic heterocycles. The normalized spacial score (nSPS) is 10.9. The van der Waals surface area contributed by atoms with E-state index in [1.54, 1.807) is 20.0 Å². The lowest BCUT2D eigenvalue weighted by Crippen LogP contribution is -2.22. The highest BCUT2D eigenvalue weighted by Crippen LogP contribution is 2.20. The monoisotopic (exact) mass is 435 g/mol. The summed E-state index contributed by atoms with van der Waals surface area (Å²) in [6, 6.07) is 13.6. The smallest absolute Gasteiger partial charge is 0.264 e. The van der Waals surface area contributed by atoms with Crippen LogP contribution in [0.4, 0.5) is 10.1 Å². The fourth-order valence-electron chi connectivity index (χ4n) is 2.94. The molecule has 1 N–H and O–H groups in total. The summed E-state index contributed by atoms with van der Waals surface area (Å²) in [6.45, 7) is 1.78. The summed E-state index contributed by atoms with van der Waals surface area (Å²) in [5.74, 6) is -0.302. The van der Waals surface area contributed by atoms with Gasteiger partial charge in [-0.05, 0) is 24.6 Å². The van der Waals surface area contributed by atoms with Crippen LogP contribution in [-0.4, -0.2) is 31.2 Å². The highest BCUT2D eigenvalue weighted by atomic mass is 32.2. The number of anilines is 1. The van der Waals surface area contributed by atoms with Crippen LogP contribution in [-0.2, 0) is 11.8 Å². The third-order valence-corrected chi connectivity index (χ3v) is 5.66. The van der Waals surface area contributed by atoms with Crippen LogP contribution in [0.5, 0.6) is 0 Å². The maximum atomic E-state index is 13.4. The molecule has 0 saturated heterocycles. The molecule has 0 aliphatic rings. The molecule has 9 heteroatoms. The lowest BCUT2D eigenvalue weighted by molar-refractivity contribution is -0.113.